The number of ether oxygens (including phenoxy) is 1. The largest absolute Gasteiger partial charge is 0.373 e. The summed E-state index contributed by atoms with van der Waals surface area (Å²) in [5.74, 6) is 3.31. The number of nitrogens with one attached hydrogen (secondary N) is 2. The van der Waals surface area contributed by atoms with Crippen LogP contribution in [-0.4, -0.2) is 35.8 Å². The zero-order valence-electron chi connectivity index (χ0n) is 11.7. The number of aromatic nitrogens is 2. The smallest absolute Gasteiger partial charge is 0.136 e. The molecule has 1 saturated carbocycles. The van der Waals surface area contributed by atoms with E-state index in [1.807, 2.05) is 13.1 Å². The van der Waals surface area contributed by atoms with Crippen LogP contribution in [-0.2, 0) is 4.74 Å². The van der Waals surface area contributed by atoms with Gasteiger partial charge in [-0.05, 0) is 32.6 Å². The standard InChI is InChI=1S/C14H22N4O/c1-14(6-3-7-19-14)9-16-12-8-11(15-2)17-13(18-12)10-4-5-10/h8,10H,3-7,9H2,1-2H3,(H2,15,16,17,18). The molecule has 0 amide bonds. The van der Waals surface area contributed by atoms with Crippen molar-refractivity contribution in [2.45, 2.75) is 44.1 Å². The number of hydrogen-bond donors (Lipinski definition) is 2. The van der Waals surface area contributed by atoms with Gasteiger partial charge in [-0.15, -0.1) is 0 Å². The van der Waals surface area contributed by atoms with Gasteiger partial charge >= 0.3 is 0 Å². The number of anilines is 2. The van der Waals surface area contributed by atoms with Crippen molar-refractivity contribution >= 4 is 11.6 Å². The minimum absolute atomic E-state index is 0.0511. The third-order valence-corrected chi connectivity index (χ3v) is 3.89. The van der Waals surface area contributed by atoms with Crippen molar-refractivity contribution in [3.8, 4) is 0 Å². The Labute approximate surface area is 114 Å². The second-order valence-electron chi connectivity index (χ2n) is 5.78. The average molecular weight is 262 g/mol. The molecule has 3 rings (SSSR count). The molecule has 1 atom stereocenters. The molecule has 2 heterocycles. The Kier molecular flexibility index (Phi) is 3.31. The van der Waals surface area contributed by atoms with Crippen LogP contribution in [0.5, 0.6) is 0 Å². The third kappa shape index (κ3) is 2.97. The Morgan fingerprint density at radius 3 is 2.79 bits per heavy atom. The van der Waals surface area contributed by atoms with E-state index < -0.39 is 0 Å². The zero-order valence-corrected chi connectivity index (χ0v) is 11.7. The lowest BCUT2D eigenvalue weighted by Crippen LogP contribution is -2.32. The van der Waals surface area contributed by atoms with E-state index in [-0.39, 0.29) is 5.60 Å². The zero-order chi connectivity index (χ0) is 13.3. The predicted octanol–water partition coefficient (Wildman–Crippen LogP) is 2.38. The summed E-state index contributed by atoms with van der Waals surface area (Å²) in [6.07, 6.45) is 4.69. The maximum absolute atomic E-state index is 5.79. The van der Waals surface area contributed by atoms with Crippen molar-refractivity contribution in [1.29, 1.82) is 0 Å². The van der Waals surface area contributed by atoms with Gasteiger partial charge in [0.2, 0.25) is 0 Å². The quantitative estimate of drug-likeness (QED) is 0.853. The van der Waals surface area contributed by atoms with Crippen LogP contribution in [0.25, 0.3) is 0 Å². The average Bonchev–Trinajstić information content (AvgIpc) is 3.19. The van der Waals surface area contributed by atoms with Crippen LogP contribution in [0.1, 0.15) is 44.3 Å². The molecule has 2 fully saturated rings. The topological polar surface area (TPSA) is 59.1 Å². The first-order valence-electron chi connectivity index (χ1n) is 7.13. The molecule has 5 nitrogen and oxygen atoms in total. The van der Waals surface area contributed by atoms with Crippen LogP contribution in [0.15, 0.2) is 6.07 Å². The SMILES string of the molecule is CNc1cc(NCC2(C)CCCO2)nc(C2CC2)n1. The first-order chi connectivity index (χ1) is 9.18. The van der Waals surface area contributed by atoms with Crippen molar-refractivity contribution < 1.29 is 4.74 Å². The Hall–Kier alpha value is -1.36. The highest BCUT2D eigenvalue weighted by atomic mass is 16.5. The Morgan fingerprint density at radius 1 is 1.37 bits per heavy atom. The molecular formula is C14H22N4O. The minimum atomic E-state index is -0.0511. The number of hydrogen-bond acceptors (Lipinski definition) is 5. The van der Waals surface area contributed by atoms with Gasteiger partial charge < -0.3 is 15.4 Å². The molecule has 1 saturated heterocycles. The van der Waals surface area contributed by atoms with Crippen molar-refractivity contribution in [3.63, 3.8) is 0 Å². The summed E-state index contributed by atoms with van der Waals surface area (Å²) in [5.41, 5.74) is -0.0511. The highest BCUT2D eigenvalue weighted by molar-refractivity contribution is 5.48. The normalized spacial score (nSPS) is 26.4. The first kappa shape index (κ1) is 12.7. The van der Waals surface area contributed by atoms with Gasteiger partial charge in [0, 0.05) is 32.2 Å². The minimum Gasteiger partial charge on any atom is -0.373 e. The molecule has 1 aliphatic heterocycles. The van der Waals surface area contributed by atoms with Gasteiger partial charge in [0.15, 0.2) is 0 Å². The number of rotatable bonds is 5. The maximum atomic E-state index is 5.79. The van der Waals surface area contributed by atoms with Gasteiger partial charge in [-0.1, -0.05) is 0 Å². The lowest BCUT2D eigenvalue weighted by Gasteiger charge is -2.23. The van der Waals surface area contributed by atoms with Crippen LogP contribution in [0.4, 0.5) is 11.6 Å². The van der Waals surface area contributed by atoms with Crippen LogP contribution >= 0.6 is 0 Å². The van der Waals surface area contributed by atoms with Crippen LogP contribution in [0.3, 0.4) is 0 Å². The second kappa shape index (κ2) is 4.96. The summed E-state index contributed by atoms with van der Waals surface area (Å²) in [6, 6.07) is 1.96. The molecule has 104 valence electrons. The van der Waals surface area contributed by atoms with E-state index in [0.717, 1.165) is 43.5 Å². The van der Waals surface area contributed by atoms with E-state index in [1.54, 1.807) is 0 Å². The van der Waals surface area contributed by atoms with Crippen LogP contribution in [0, 0.1) is 0 Å². The Morgan fingerprint density at radius 2 is 2.16 bits per heavy atom. The first-order valence-corrected chi connectivity index (χ1v) is 7.13. The maximum Gasteiger partial charge on any atom is 0.136 e. The van der Waals surface area contributed by atoms with E-state index >= 15 is 0 Å². The molecule has 2 aliphatic rings. The van der Waals surface area contributed by atoms with Crippen LogP contribution in [0.2, 0.25) is 0 Å². The van der Waals surface area contributed by atoms with Gasteiger partial charge in [-0.2, -0.15) is 0 Å². The molecule has 1 unspecified atom stereocenters. The van der Waals surface area contributed by atoms with Gasteiger partial charge in [0.05, 0.1) is 5.60 Å². The fraction of sp³-hybridized carbons (Fsp3) is 0.714. The third-order valence-electron chi connectivity index (χ3n) is 3.89. The van der Waals surface area contributed by atoms with E-state index in [0.29, 0.717) is 5.92 Å². The molecule has 0 spiro atoms. The summed E-state index contributed by atoms with van der Waals surface area (Å²) in [6.45, 7) is 3.84. The molecule has 1 aromatic rings. The monoisotopic (exact) mass is 262 g/mol. The predicted molar refractivity (Wildman–Crippen MR) is 75.6 cm³/mol. The molecule has 19 heavy (non-hydrogen) atoms. The van der Waals surface area contributed by atoms with Gasteiger partial charge in [-0.25, -0.2) is 9.97 Å². The molecule has 1 aliphatic carbocycles. The second-order valence-corrected chi connectivity index (χ2v) is 5.78. The van der Waals surface area contributed by atoms with Crippen molar-refractivity contribution in [1.82, 2.24) is 9.97 Å². The van der Waals surface area contributed by atoms with Gasteiger partial charge in [-0.3, -0.25) is 0 Å². The van der Waals surface area contributed by atoms with Crippen molar-refractivity contribution in [2.75, 3.05) is 30.8 Å². The molecule has 0 bridgehead atoms. The Balaban J connectivity index is 1.70. The van der Waals surface area contributed by atoms with E-state index in [2.05, 4.69) is 27.5 Å². The molecular weight excluding hydrogens is 240 g/mol. The van der Waals surface area contributed by atoms with Crippen molar-refractivity contribution in [3.05, 3.63) is 11.9 Å². The summed E-state index contributed by atoms with van der Waals surface area (Å²) in [5, 5.41) is 6.51. The highest BCUT2D eigenvalue weighted by Crippen LogP contribution is 2.38. The van der Waals surface area contributed by atoms with Crippen molar-refractivity contribution in [2.24, 2.45) is 0 Å². The van der Waals surface area contributed by atoms with E-state index in [1.165, 1.54) is 12.8 Å². The fourth-order valence-electron chi connectivity index (χ4n) is 2.46. The summed E-state index contributed by atoms with van der Waals surface area (Å²) < 4.78 is 5.79. The highest BCUT2D eigenvalue weighted by Gasteiger charge is 2.30. The van der Waals surface area contributed by atoms with Gasteiger partial charge in [0.25, 0.3) is 0 Å². The summed E-state index contributed by atoms with van der Waals surface area (Å²) >= 11 is 0. The molecule has 1 aromatic heterocycles. The summed E-state index contributed by atoms with van der Waals surface area (Å²) in [4.78, 5) is 9.14. The lowest BCUT2D eigenvalue weighted by atomic mass is 10.0. The Bertz CT molecular complexity index is 453. The molecule has 0 aromatic carbocycles. The fourth-order valence-corrected chi connectivity index (χ4v) is 2.46. The van der Waals surface area contributed by atoms with E-state index in [9.17, 15) is 0 Å². The van der Waals surface area contributed by atoms with Crippen LogP contribution < -0.4 is 10.6 Å². The molecule has 0 radical (unpaired) electrons. The van der Waals surface area contributed by atoms with Gasteiger partial charge in [0.1, 0.15) is 17.5 Å². The van der Waals surface area contributed by atoms with E-state index in [4.69, 9.17) is 4.74 Å². The number of nitrogens with zero attached hydrogens (tertiary/aromatic N) is 2. The lowest BCUT2D eigenvalue weighted by molar-refractivity contribution is 0.0314. The molecule has 5 heteroatoms. The molecule has 2 N–H and O–H groups in total. The summed E-state index contributed by atoms with van der Waals surface area (Å²) in [7, 11) is 1.89.